The third-order valence-corrected chi connectivity index (χ3v) is 4.76. The van der Waals surface area contributed by atoms with Crippen molar-refractivity contribution in [1.82, 2.24) is 5.32 Å². The Morgan fingerprint density at radius 3 is 2.80 bits per heavy atom. The molecule has 0 saturated heterocycles. The fraction of sp³-hybridized carbons (Fsp3) is 0.647. The minimum atomic E-state index is 0.282. The molecule has 1 aromatic rings. The summed E-state index contributed by atoms with van der Waals surface area (Å²) in [4.78, 5) is 0. The third-order valence-electron chi connectivity index (χ3n) is 4.76. The van der Waals surface area contributed by atoms with Crippen molar-refractivity contribution in [3.63, 3.8) is 0 Å². The van der Waals surface area contributed by atoms with Gasteiger partial charge in [-0.2, -0.15) is 0 Å². The monoisotopic (exact) mass is 275 g/mol. The molecule has 0 spiro atoms. The summed E-state index contributed by atoms with van der Waals surface area (Å²) in [6.45, 7) is 2.97. The zero-order valence-electron chi connectivity index (χ0n) is 12.3. The van der Waals surface area contributed by atoms with E-state index in [2.05, 4.69) is 12.2 Å². The molecule has 3 heteroatoms. The average Bonchev–Trinajstić information content (AvgIpc) is 2.83. The van der Waals surface area contributed by atoms with Gasteiger partial charge in [0.05, 0.1) is 6.04 Å². The number of aromatic hydroxyl groups is 1. The fourth-order valence-electron chi connectivity index (χ4n) is 3.65. The van der Waals surface area contributed by atoms with Gasteiger partial charge in [0.1, 0.15) is 18.1 Å². The van der Waals surface area contributed by atoms with Gasteiger partial charge in [-0.05, 0) is 43.7 Å². The van der Waals surface area contributed by atoms with E-state index in [4.69, 9.17) is 4.74 Å². The first kappa shape index (κ1) is 13.7. The van der Waals surface area contributed by atoms with Crippen LogP contribution in [0.4, 0.5) is 0 Å². The van der Waals surface area contributed by atoms with Crippen molar-refractivity contribution in [3.8, 4) is 11.5 Å². The van der Waals surface area contributed by atoms with Crippen LogP contribution in [-0.4, -0.2) is 17.8 Å². The topological polar surface area (TPSA) is 41.5 Å². The molecule has 1 saturated carbocycles. The van der Waals surface area contributed by atoms with Crippen molar-refractivity contribution >= 4 is 0 Å². The molecule has 20 heavy (non-hydrogen) atoms. The van der Waals surface area contributed by atoms with Crippen LogP contribution in [0, 0.1) is 5.92 Å². The number of phenolic OH excluding ortho intramolecular Hbond substituents is 1. The lowest BCUT2D eigenvalue weighted by Gasteiger charge is -2.30. The minimum absolute atomic E-state index is 0.282. The van der Waals surface area contributed by atoms with E-state index in [1.54, 1.807) is 12.1 Å². The molecule has 1 atom stereocenters. The summed E-state index contributed by atoms with van der Waals surface area (Å²) in [5.74, 6) is 2.06. The van der Waals surface area contributed by atoms with E-state index >= 15 is 0 Å². The molecular weight excluding hydrogens is 250 g/mol. The van der Waals surface area contributed by atoms with Gasteiger partial charge in [0.2, 0.25) is 0 Å². The molecule has 1 unspecified atom stereocenters. The maximum Gasteiger partial charge on any atom is 0.127 e. The molecule has 3 nitrogen and oxygen atoms in total. The van der Waals surface area contributed by atoms with Crippen LogP contribution in [0.1, 0.15) is 57.1 Å². The van der Waals surface area contributed by atoms with Crippen LogP contribution in [0.2, 0.25) is 0 Å². The molecule has 2 aliphatic rings. The molecule has 0 bridgehead atoms. The molecule has 3 rings (SSSR count). The van der Waals surface area contributed by atoms with Gasteiger partial charge in [-0.15, -0.1) is 0 Å². The minimum Gasteiger partial charge on any atom is -0.508 e. The normalized spacial score (nSPS) is 28.9. The molecule has 0 radical (unpaired) electrons. The molecule has 2 N–H and O–H groups in total. The Bertz CT molecular complexity index is 452. The number of hydrogen-bond acceptors (Lipinski definition) is 3. The number of ether oxygens (including phenoxy) is 1. The van der Waals surface area contributed by atoms with Crippen molar-refractivity contribution in [1.29, 1.82) is 0 Å². The quantitative estimate of drug-likeness (QED) is 0.878. The van der Waals surface area contributed by atoms with Crippen LogP contribution in [-0.2, 0) is 0 Å². The smallest absolute Gasteiger partial charge is 0.127 e. The van der Waals surface area contributed by atoms with Gasteiger partial charge in [0.25, 0.3) is 0 Å². The SMILES string of the molecule is CCCC1CCC(NC2COc3cc(O)ccc32)CC1. The van der Waals surface area contributed by atoms with E-state index < -0.39 is 0 Å². The lowest BCUT2D eigenvalue weighted by molar-refractivity contribution is 0.241. The second kappa shape index (κ2) is 6.04. The van der Waals surface area contributed by atoms with E-state index in [0.717, 1.165) is 11.7 Å². The van der Waals surface area contributed by atoms with E-state index in [-0.39, 0.29) is 5.75 Å². The number of rotatable bonds is 4. The highest BCUT2D eigenvalue weighted by Crippen LogP contribution is 2.36. The summed E-state index contributed by atoms with van der Waals surface area (Å²) < 4.78 is 5.67. The van der Waals surface area contributed by atoms with Crippen molar-refractivity contribution in [2.24, 2.45) is 5.92 Å². The van der Waals surface area contributed by atoms with E-state index in [1.807, 2.05) is 6.07 Å². The molecule has 0 amide bonds. The van der Waals surface area contributed by atoms with Crippen molar-refractivity contribution in [3.05, 3.63) is 23.8 Å². The zero-order valence-corrected chi connectivity index (χ0v) is 12.3. The van der Waals surface area contributed by atoms with Gasteiger partial charge in [-0.1, -0.05) is 19.8 Å². The largest absolute Gasteiger partial charge is 0.508 e. The molecule has 110 valence electrons. The molecule has 1 aliphatic heterocycles. The third kappa shape index (κ3) is 2.93. The van der Waals surface area contributed by atoms with Crippen LogP contribution in [0.5, 0.6) is 11.5 Å². The standard InChI is InChI=1S/C17H25NO2/c1-2-3-12-4-6-13(7-5-12)18-16-11-20-17-10-14(19)8-9-15(16)17/h8-10,12-13,16,18-19H,2-7,11H2,1H3. The molecule has 1 aromatic carbocycles. The summed E-state index contributed by atoms with van der Waals surface area (Å²) in [6.07, 6.45) is 8.00. The molecule has 1 fully saturated rings. The fourth-order valence-corrected chi connectivity index (χ4v) is 3.65. The average molecular weight is 275 g/mol. The number of hydrogen-bond donors (Lipinski definition) is 2. The second-order valence-electron chi connectivity index (χ2n) is 6.26. The Morgan fingerprint density at radius 2 is 2.05 bits per heavy atom. The highest BCUT2D eigenvalue weighted by Gasteiger charge is 2.28. The van der Waals surface area contributed by atoms with Gasteiger partial charge < -0.3 is 15.2 Å². The first-order valence-corrected chi connectivity index (χ1v) is 7.98. The lowest BCUT2D eigenvalue weighted by atomic mass is 9.83. The van der Waals surface area contributed by atoms with Gasteiger partial charge in [-0.25, -0.2) is 0 Å². The van der Waals surface area contributed by atoms with Gasteiger partial charge in [0.15, 0.2) is 0 Å². The summed E-state index contributed by atoms with van der Waals surface area (Å²) in [7, 11) is 0. The number of phenols is 1. The van der Waals surface area contributed by atoms with E-state index in [9.17, 15) is 5.11 Å². The van der Waals surface area contributed by atoms with Crippen molar-refractivity contribution < 1.29 is 9.84 Å². The Hall–Kier alpha value is -1.22. The molecule has 0 aromatic heterocycles. The van der Waals surface area contributed by atoms with Crippen LogP contribution in [0.3, 0.4) is 0 Å². The van der Waals surface area contributed by atoms with Crippen LogP contribution < -0.4 is 10.1 Å². The summed E-state index contributed by atoms with van der Waals surface area (Å²) in [5, 5.41) is 13.2. The second-order valence-corrected chi connectivity index (χ2v) is 6.26. The first-order chi connectivity index (χ1) is 9.76. The summed E-state index contributed by atoms with van der Waals surface area (Å²) >= 11 is 0. The highest BCUT2D eigenvalue weighted by atomic mass is 16.5. The Kier molecular flexibility index (Phi) is 4.16. The van der Waals surface area contributed by atoms with Crippen LogP contribution >= 0.6 is 0 Å². The number of nitrogens with one attached hydrogen (secondary N) is 1. The first-order valence-electron chi connectivity index (χ1n) is 7.98. The van der Waals surface area contributed by atoms with Crippen LogP contribution in [0.25, 0.3) is 0 Å². The van der Waals surface area contributed by atoms with Gasteiger partial charge in [-0.3, -0.25) is 0 Å². The zero-order chi connectivity index (χ0) is 13.9. The Labute approximate surface area is 121 Å². The number of fused-ring (bicyclic) bond motifs is 1. The maximum atomic E-state index is 9.48. The number of benzene rings is 1. The Morgan fingerprint density at radius 1 is 1.25 bits per heavy atom. The van der Waals surface area contributed by atoms with Gasteiger partial charge in [0, 0.05) is 17.7 Å². The van der Waals surface area contributed by atoms with Gasteiger partial charge >= 0.3 is 0 Å². The summed E-state index contributed by atoms with van der Waals surface area (Å²) in [6, 6.07) is 6.36. The molecule has 1 heterocycles. The van der Waals surface area contributed by atoms with Crippen molar-refractivity contribution in [2.75, 3.05) is 6.61 Å². The Balaban J connectivity index is 1.56. The predicted molar refractivity (Wildman–Crippen MR) is 80.1 cm³/mol. The van der Waals surface area contributed by atoms with Crippen LogP contribution in [0.15, 0.2) is 18.2 Å². The maximum absolute atomic E-state index is 9.48. The van der Waals surface area contributed by atoms with E-state index in [0.29, 0.717) is 18.7 Å². The van der Waals surface area contributed by atoms with Crippen molar-refractivity contribution in [2.45, 2.75) is 57.5 Å². The predicted octanol–water partition coefficient (Wildman–Crippen LogP) is 3.77. The highest BCUT2D eigenvalue weighted by molar-refractivity contribution is 5.44. The van der Waals surface area contributed by atoms with E-state index in [1.165, 1.54) is 44.1 Å². The molecule has 1 aliphatic carbocycles. The molecular formula is C17H25NO2. The summed E-state index contributed by atoms with van der Waals surface area (Å²) in [5.41, 5.74) is 1.19. The lowest BCUT2D eigenvalue weighted by Crippen LogP contribution is -2.36.